The first-order valence-electron chi connectivity index (χ1n) is 5.46. The van der Waals surface area contributed by atoms with Crippen molar-refractivity contribution in [2.24, 2.45) is 5.73 Å². The van der Waals surface area contributed by atoms with Crippen molar-refractivity contribution < 1.29 is 13.5 Å². The number of hydrogen-bond acceptors (Lipinski definition) is 2. The fourth-order valence-electron chi connectivity index (χ4n) is 1.77. The maximum absolute atomic E-state index is 13.8. The van der Waals surface area contributed by atoms with E-state index in [1.165, 1.54) is 25.3 Å². The molecule has 0 aromatic heterocycles. The molecule has 94 valence electrons. The van der Waals surface area contributed by atoms with Crippen molar-refractivity contribution in [3.63, 3.8) is 0 Å². The molecule has 0 aliphatic carbocycles. The first-order valence-corrected chi connectivity index (χ1v) is 5.46. The van der Waals surface area contributed by atoms with Gasteiger partial charge in [0.1, 0.15) is 17.4 Å². The summed E-state index contributed by atoms with van der Waals surface area (Å²) >= 11 is 0. The minimum absolute atomic E-state index is 0.307. The summed E-state index contributed by atoms with van der Waals surface area (Å²) in [5, 5.41) is 0. The first kappa shape index (κ1) is 12.5. The SMILES string of the molecule is COc1ccc(C(N)c2cccc(F)c2)c(F)c1. The normalized spacial score (nSPS) is 12.2. The van der Waals surface area contributed by atoms with Crippen LogP contribution in [0.25, 0.3) is 0 Å². The van der Waals surface area contributed by atoms with E-state index in [1.807, 2.05) is 0 Å². The second-order valence-electron chi connectivity index (χ2n) is 3.92. The Kier molecular flexibility index (Phi) is 3.58. The lowest BCUT2D eigenvalue weighted by atomic mass is 9.99. The molecular formula is C14H13F2NO. The molecule has 0 amide bonds. The summed E-state index contributed by atoms with van der Waals surface area (Å²) in [6.45, 7) is 0. The van der Waals surface area contributed by atoms with Gasteiger partial charge in [0.25, 0.3) is 0 Å². The van der Waals surface area contributed by atoms with Gasteiger partial charge in [0, 0.05) is 11.6 Å². The predicted octanol–water partition coefficient (Wildman–Crippen LogP) is 3.02. The Labute approximate surface area is 104 Å². The zero-order valence-electron chi connectivity index (χ0n) is 9.86. The number of halogens is 2. The Morgan fingerprint density at radius 2 is 1.89 bits per heavy atom. The molecule has 1 atom stereocenters. The van der Waals surface area contributed by atoms with Gasteiger partial charge in [0.15, 0.2) is 0 Å². The van der Waals surface area contributed by atoms with Crippen LogP contribution >= 0.6 is 0 Å². The number of ether oxygens (including phenoxy) is 1. The van der Waals surface area contributed by atoms with Crippen molar-refractivity contribution in [1.82, 2.24) is 0 Å². The summed E-state index contributed by atoms with van der Waals surface area (Å²) in [7, 11) is 1.46. The van der Waals surface area contributed by atoms with Crippen molar-refractivity contribution in [2.75, 3.05) is 7.11 Å². The molecule has 0 spiro atoms. The lowest BCUT2D eigenvalue weighted by Gasteiger charge is -2.14. The highest BCUT2D eigenvalue weighted by molar-refractivity contribution is 5.36. The van der Waals surface area contributed by atoms with E-state index in [-0.39, 0.29) is 0 Å². The lowest BCUT2D eigenvalue weighted by Crippen LogP contribution is -2.13. The van der Waals surface area contributed by atoms with Gasteiger partial charge in [0.05, 0.1) is 13.2 Å². The van der Waals surface area contributed by atoms with E-state index in [9.17, 15) is 8.78 Å². The van der Waals surface area contributed by atoms with Crippen molar-refractivity contribution in [3.8, 4) is 5.75 Å². The molecule has 2 rings (SSSR count). The minimum atomic E-state index is -0.702. The number of nitrogens with two attached hydrogens (primary N) is 1. The summed E-state index contributed by atoms with van der Waals surface area (Å²) in [5.74, 6) is -0.439. The molecule has 0 aliphatic heterocycles. The van der Waals surface area contributed by atoms with E-state index < -0.39 is 17.7 Å². The standard InChI is InChI=1S/C14H13F2NO/c1-18-11-5-6-12(13(16)8-11)14(17)9-3-2-4-10(15)7-9/h2-8,14H,17H2,1H3. The molecule has 0 bridgehead atoms. The third kappa shape index (κ3) is 2.49. The maximum atomic E-state index is 13.8. The molecule has 0 heterocycles. The van der Waals surface area contributed by atoms with Crippen LogP contribution in [0.2, 0.25) is 0 Å². The molecule has 0 saturated carbocycles. The Morgan fingerprint density at radius 3 is 2.50 bits per heavy atom. The van der Waals surface area contributed by atoms with Gasteiger partial charge in [-0.05, 0) is 23.8 Å². The van der Waals surface area contributed by atoms with Crippen LogP contribution in [0, 0.1) is 11.6 Å². The molecular weight excluding hydrogens is 236 g/mol. The van der Waals surface area contributed by atoms with Gasteiger partial charge < -0.3 is 10.5 Å². The van der Waals surface area contributed by atoms with Gasteiger partial charge in [-0.2, -0.15) is 0 Å². The molecule has 18 heavy (non-hydrogen) atoms. The first-order chi connectivity index (χ1) is 8.61. The van der Waals surface area contributed by atoms with Gasteiger partial charge >= 0.3 is 0 Å². The summed E-state index contributed by atoms with van der Waals surface area (Å²) in [6.07, 6.45) is 0. The molecule has 2 N–H and O–H groups in total. The van der Waals surface area contributed by atoms with Crippen molar-refractivity contribution in [2.45, 2.75) is 6.04 Å². The minimum Gasteiger partial charge on any atom is -0.497 e. The Balaban J connectivity index is 2.37. The van der Waals surface area contributed by atoms with Crippen LogP contribution < -0.4 is 10.5 Å². The van der Waals surface area contributed by atoms with E-state index in [1.54, 1.807) is 24.3 Å². The largest absolute Gasteiger partial charge is 0.497 e. The summed E-state index contributed by atoms with van der Waals surface area (Å²) in [6, 6.07) is 9.56. The van der Waals surface area contributed by atoms with Gasteiger partial charge in [0.2, 0.25) is 0 Å². The van der Waals surface area contributed by atoms with Crippen LogP contribution in [0.4, 0.5) is 8.78 Å². The number of hydrogen-bond donors (Lipinski definition) is 1. The zero-order valence-corrected chi connectivity index (χ0v) is 9.86. The third-order valence-corrected chi connectivity index (χ3v) is 2.75. The van der Waals surface area contributed by atoms with Crippen LogP contribution in [0.3, 0.4) is 0 Å². The monoisotopic (exact) mass is 249 g/mol. The predicted molar refractivity (Wildman–Crippen MR) is 65.4 cm³/mol. The average molecular weight is 249 g/mol. The van der Waals surface area contributed by atoms with E-state index in [2.05, 4.69) is 0 Å². The van der Waals surface area contributed by atoms with Crippen LogP contribution in [0.1, 0.15) is 17.2 Å². The topological polar surface area (TPSA) is 35.2 Å². The maximum Gasteiger partial charge on any atom is 0.132 e. The zero-order chi connectivity index (χ0) is 13.1. The lowest BCUT2D eigenvalue weighted by molar-refractivity contribution is 0.410. The number of methoxy groups -OCH3 is 1. The van der Waals surface area contributed by atoms with E-state index in [0.29, 0.717) is 16.9 Å². The smallest absolute Gasteiger partial charge is 0.132 e. The Hall–Kier alpha value is -1.94. The molecule has 2 aromatic carbocycles. The highest BCUT2D eigenvalue weighted by atomic mass is 19.1. The molecule has 2 nitrogen and oxygen atoms in total. The molecule has 4 heteroatoms. The van der Waals surface area contributed by atoms with Crippen LogP contribution in [0.15, 0.2) is 42.5 Å². The van der Waals surface area contributed by atoms with Gasteiger partial charge in [-0.15, -0.1) is 0 Å². The highest BCUT2D eigenvalue weighted by Gasteiger charge is 2.14. The quantitative estimate of drug-likeness (QED) is 0.907. The fraction of sp³-hybridized carbons (Fsp3) is 0.143. The summed E-state index contributed by atoms with van der Waals surface area (Å²) in [5.41, 5.74) is 6.76. The highest BCUT2D eigenvalue weighted by Crippen LogP contribution is 2.25. The second kappa shape index (κ2) is 5.14. The molecule has 0 fully saturated rings. The van der Waals surface area contributed by atoms with E-state index in [4.69, 9.17) is 10.5 Å². The molecule has 0 aliphatic rings. The molecule has 0 saturated heterocycles. The molecule has 2 aromatic rings. The van der Waals surface area contributed by atoms with Crippen molar-refractivity contribution >= 4 is 0 Å². The van der Waals surface area contributed by atoms with Crippen molar-refractivity contribution in [1.29, 1.82) is 0 Å². The van der Waals surface area contributed by atoms with Crippen LogP contribution in [-0.2, 0) is 0 Å². The Bertz CT molecular complexity index is 557. The summed E-state index contributed by atoms with van der Waals surface area (Å²) in [4.78, 5) is 0. The number of benzene rings is 2. The molecule has 0 radical (unpaired) electrons. The van der Waals surface area contributed by atoms with Gasteiger partial charge in [-0.25, -0.2) is 8.78 Å². The third-order valence-electron chi connectivity index (χ3n) is 2.75. The summed E-state index contributed by atoms with van der Waals surface area (Å²) < 4.78 is 31.8. The van der Waals surface area contributed by atoms with Gasteiger partial charge in [-0.1, -0.05) is 18.2 Å². The van der Waals surface area contributed by atoms with Crippen LogP contribution in [-0.4, -0.2) is 7.11 Å². The second-order valence-corrected chi connectivity index (χ2v) is 3.92. The number of rotatable bonds is 3. The van der Waals surface area contributed by atoms with Crippen molar-refractivity contribution in [3.05, 3.63) is 65.2 Å². The Morgan fingerprint density at radius 1 is 1.11 bits per heavy atom. The average Bonchev–Trinajstić information content (AvgIpc) is 2.37. The van der Waals surface area contributed by atoms with E-state index in [0.717, 1.165) is 0 Å². The fourth-order valence-corrected chi connectivity index (χ4v) is 1.77. The van der Waals surface area contributed by atoms with Gasteiger partial charge in [-0.3, -0.25) is 0 Å². The van der Waals surface area contributed by atoms with Crippen LogP contribution in [0.5, 0.6) is 5.75 Å². The van der Waals surface area contributed by atoms with E-state index >= 15 is 0 Å². The molecule has 1 unspecified atom stereocenters.